The lowest BCUT2D eigenvalue weighted by molar-refractivity contribution is -0.165. The van der Waals surface area contributed by atoms with Crippen LogP contribution >= 0.6 is 0 Å². The zero-order valence-corrected chi connectivity index (χ0v) is 6.94. The molecule has 0 spiro atoms. The number of nitrogens with two attached hydrogens (primary N) is 1. The Balaban J connectivity index is 4.45. The molecule has 0 heterocycles. The molecule has 0 aliphatic rings. The van der Waals surface area contributed by atoms with Crippen LogP contribution in [0.3, 0.4) is 0 Å². The first-order chi connectivity index (χ1) is 6.29. The Kier molecular flexibility index (Phi) is 4.44. The van der Waals surface area contributed by atoms with E-state index in [-0.39, 0.29) is 0 Å². The fraction of sp³-hybridized carbons (Fsp3) is 0.667. The number of carbonyl (C=O) groups is 2. The smallest absolute Gasteiger partial charge is 0.335 e. The Hall–Kier alpha value is -1.22. The van der Waals surface area contributed by atoms with Gasteiger partial charge in [-0.15, -0.1) is 0 Å². The summed E-state index contributed by atoms with van der Waals surface area (Å²) in [7, 11) is 0. The van der Waals surface area contributed by atoms with E-state index in [0.717, 1.165) is 0 Å². The molecule has 14 heavy (non-hydrogen) atoms. The highest BCUT2D eigenvalue weighted by Crippen LogP contribution is 2.05. The summed E-state index contributed by atoms with van der Waals surface area (Å²) in [6.07, 6.45) is -8.80. The lowest BCUT2D eigenvalue weighted by Gasteiger charge is -2.22. The van der Waals surface area contributed by atoms with Gasteiger partial charge < -0.3 is 31.3 Å². The van der Waals surface area contributed by atoms with Crippen LogP contribution in [-0.2, 0) is 9.59 Å². The van der Waals surface area contributed by atoms with Gasteiger partial charge in [0.25, 0.3) is 0 Å². The van der Waals surface area contributed by atoms with Crippen molar-refractivity contribution < 1.29 is 35.1 Å². The Morgan fingerprint density at radius 2 is 1.29 bits per heavy atom. The van der Waals surface area contributed by atoms with Crippen LogP contribution in [0.5, 0.6) is 0 Å². The van der Waals surface area contributed by atoms with Crippen molar-refractivity contribution in [3.63, 3.8) is 0 Å². The van der Waals surface area contributed by atoms with Crippen LogP contribution in [-0.4, -0.2) is 61.8 Å². The molecule has 8 nitrogen and oxygen atoms in total. The van der Waals surface area contributed by atoms with E-state index >= 15 is 0 Å². The van der Waals surface area contributed by atoms with Crippen molar-refractivity contribution in [3.8, 4) is 0 Å². The fourth-order valence-electron chi connectivity index (χ4n) is 0.688. The third kappa shape index (κ3) is 2.92. The molecule has 0 radical (unpaired) electrons. The predicted molar refractivity (Wildman–Crippen MR) is 40.9 cm³/mol. The molecule has 0 unspecified atom stereocenters. The van der Waals surface area contributed by atoms with Gasteiger partial charge in [0.2, 0.25) is 5.91 Å². The van der Waals surface area contributed by atoms with Gasteiger partial charge in [-0.1, -0.05) is 0 Å². The summed E-state index contributed by atoms with van der Waals surface area (Å²) >= 11 is 0. The van der Waals surface area contributed by atoms with Crippen LogP contribution in [0, 0.1) is 0 Å². The van der Waals surface area contributed by atoms with E-state index < -0.39 is 36.3 Å². The SMILES string of the molecule is NC(=O)[C@H](O)[C@@H](O)[C@H](O)[C@H](O)C(=O)O. The van der Waals surface area contributed by atoms with Gasteiger partial charge in [0.15, 0.2) is 12.2 Å². The van der Waals surface area contributed by atoms with Crippen LogP contribution in [0.4, 0.5) is 0 Å². The van der Waals surface area contributed by atoms with Gasteiger partial charge >= 0.3 is 5.97 Å². The highest BCUT2D eigenvalue weighted by Gasteiger charge is 2.36. The number of hydrogen-bond acceptors (Lipinski definition) is 6. The summed E-state index contributed by atoms with van der Waals surface area (Å²) in [5, 5.41) is 43.6. The van der Waals surface area contributed by atoms with Gasteiger partial charge in [-0.05, 0) is 0 Å². The van der Waals surface area contributed by atoms with Crippen molar-refractivity contribution in [3.05, 3.63) is 0 Å². The molecule has 7 N–H and O–H groups in total. The zero-order valence-electron chi connectivity index (χ0n) is 6.94. The van der Waals surface area contributed by atoms with Gasteiger partial charge in [0, 0.05) is 0 Å². The van der Waals surface area contributed by atoms with Gasteiger partial charge in [-0.3, -0.25) is 4.79 Å². The summed E-state index contributed by atoms with van der Waals surface area (Å²) in [5.74, 6) is -3.14. The van der Waals surface area contributed by atoms with Crippen LogP contribution in [0.15, 0.2) is 0 Å². The van der Waals surface area contributed by atoms with Gasteiger partial charge in [-0.2, -0.15) is 0 Å². The summed E-state index contributed by atoms with van der Waals surface area (Å²) in [4.78, 5) is 20.4. The topological polar surface area (TPSA) is 161 Å². The lowest BCUT2D eigenvalue weighted by Crippen LogP contribution is -2.51. The molecular weight excluding hydrogens is 198 g/mol. The Bertz CT molecular complexity index is 206. The van der Waals surface area contributed by atoms with E-state index in [2.05, 4.69) is 5.73 Å². The molecule has 0 fully saturated rings. The Morgan fingerprint density at radius 3 is 1.57 bits per heavy atom. The second-order valence-electron chi connectivity index (χ2n) is 2.61. The van der Waals surface area contributed by atoms with E-state index in [1.54, 1.807) is 0 Å². The molecule has 4 atom stereocenters. The maximum Gasteiger partial charge on any atom is 0.335 e. The van der Waals surface area contributed by atoms with E-state index in [0.29, 0.717) is 0 Å². The molecule has 0 aromatic carbocycles. The third-order valence-corrected chi connectivity index (χ3v) is 1.54. The zero-order chi connectivity index (χ0) is 11.5. The molecule has 8 heteroatoms. The molecule has 0 aliphatic heterocycles. The molecule has 1 amide bonds. The fourth-order valence-corrected chi connectivity index (χ4v) is 0.688. The van der Waals surface area contributed by atoms with E-state index in [4.69, 9.17) is 25.5 Å². The summed E-state index contributed by atoms with van der Waals surface area (Å²) in [6, 6.07) is 0. The van der Waals surface area contributed by atoms with Crippen LogP contribution in [0.25, 0.3) is 0 Å². The van der Waals surface area contributed by atoms with Crippen molar-refractivity contribution in [2.45, 2.75) is 24.4 Å². The minimum absolute atomic E-state index is 1.34. The average molecular weight is 209 g/mol. The van der Waals surface area contributed by atoms with Crippen molar-refractivity contribution in [1.29, 1.82) is 0 Å². The van der Waals surface area contributed by atoms with E-state index in [1.165, 1.54) is 0 Å². The normalized spacial score (nSPS) is 19.4. The molecule has 0 bridgehead atoms. The molecular formula is C6H11NO7. The number of carbonyl (C=O) groups excluding carboxylic acids is 1. The first kappa shape index (κ1) is 12.8. The van der Waals surface area contributed by atoms with Gasteiger partial charge in [0.1, 0.15) is 12.2 Å². The van der Waals surface area contributed by atoms with E-state index in [9.17, 15) is 9.59 Å². The van der Waals surface area contributed by atoms with Crippen molar-refractivity contribution >= 4 is 11.9 Å². The minimum Gasteiger partial charge on any atom is -0.479 e. The average Bonchev–Trinajstić information content (AvgIpc) is 2.12. The maximum atomic E-state index is 10.3. The number of primary amides is 1. The molecule has 0 aromatic heterocycles. The van der Waals surface area contributed by atoms with Crippen LogP contribution < -0.4 is 5.73 Å². The second-order valence-corrected chi connectivity index (χ2v) is 2.61. The highest BCUT2D eigenvalue weighted by atomic mass is 16.4. The van der Waals surface area contributed by atoms with E-state index in [1.807, 2.05) is 0 Å². The number of hydrogen-bond donors (Lipinski definition) is 6. The maximum absolute atomic E-state index is 10.3. The molecule has 0 aromatic rings. The standard InChI is InChI=1S/C6H11NO7/c7-5(12)3(10)1(8)2(9)4(11)6(13)14/h1-4,8-11H,(H2,7,12)(H,13,14)/t1-,2-,3+,4-/m0/s1. The number of aliphatic carboxylic acids is 1. The molecule has 0 saturated carbocycles. The molecule has 0 saturated heterocycles. The summed E-state index contributed by atoms with van der Waals surface area (Å²) in [5.41, 5.74) is 4.56. The lowest BCUT2D eigenvalue weighted by atomic mass is 10.0. The van der Waals surface area contributed by atoms with Crippen LogP contribution in [0.2, 0.25) is 0 Å². The number of aliphatic hydroxyl groups is 4. The molecule has 82 valence electrons. The number of carboxylic acid groups (broad SMARTS) is 1. The second kappa shape index (κ2) is 4.86. The van der Waals surface area contributed by atoms with Gasteiger partial charge in [0.05, 0.1) is 0 Å². The monoisotopic (exact) mass is 209 g/mol. The number of amides is 1. The Morgan fingerprint density at radius 1 is 0.929 bits per heavy atom. The number of rotatable bonds is 5. The predicted octanol–water partition coefficient (Wildman–Crippen LogP) is -4.00. The summed E-state index contributed by atoms with van der Waals surface area (Å²) in [6.45, 7) is 0. The third-order valence-electron chi connectivity index (χ3n) is 1.54. The van der Waals surface area contributed by atoms with Crippen LogP contribution in [0.1, 0.15) is 0 Å². The van der Waals surface area contributed by atoms with Crippen molar-refractivity contribution in [2.75, 3.05) is 0 Å². The number of aliphatic hydroxyl groups excluding tert-OH is 4. The molecule has 0 rings (SSSR count). The minimum atomic E-state index is -2.31. The highest BCUT2D eigenvalue weighted by molar-refractivity contribution is 5.79. The molecule has 0 aliphatic carbocycles. The van der Waals surface area contributed by atoms with Crippen molar-refractivity contribution in [2.24, 2.45) is 5.73 Å². The summed E-state index contributed by atoms with van der Waals surface area (Å²) < 4.78 is 0. The number of carboxylic acids is 1. The first-order valence-electron chi connectivity index (χ1n) is 3.53. The Labute approximate surface area is 78.2 Å². The largest absolute Gasteiger partial charge is 0.479 e. The van der Waals surface area contributed by atoms with Gasteiger partial charge in [-0.25, -0.2) is 4.79 Å². The first-order valence-corrected chi connectivity index (χ1v) is 3.53. The quantitative estimate of drug-likeness (QED) is 0.269. The van der Waals surface area contributed by atoms with Crippen molar-refractivity contribution in [1.82, 2.24) is 0 Å².